The molecule has 0 radical (unpaired) electrons. The van der Waals surface area contributed by atoms with Gasteiger partial charge in [0.1, 0.15) is 42.2 Å². The Hall–Kier alpha value is -6.56. The number of nitrogen functional groups attached to an aromatic ring is 1. The number of phosphoric ester groups is 1. The predicted molar refractivity (Wildman–Crippen MR) is 306 cm³/mol. The molecule has 0 bridgehead atoms. The highest BCUT2D eigenvalue weighted by Crippen LogP contribution is 2.66. The zero-order chi connectivity index (χ0) is 60.1. The van der Waals surface area contributed by atoms with Gasteiger partial charge < -0.3 is 54.8 Å². The number of likely N-dealkylation sites (N-methyl/N-ethyl adjacent to an activating group) is 2. The average molecular weight is 1200 g/mol. The van der Waals surface area contributed by atoms with E-state index in [1.807, 2.05) is 30.3 Å². The van der Waals surface area contributed by atoms with Crippen LogP contribution in [-0.4, -0.2) is 118 Å². The van der Waals surface area contributed by atoms with Gasteiger partial charge in [-0.1, -0.05) is 18.2 Å². The summed E-state index contributed by atoms with van der Waals surface area (Å²) in [6.45, 7) is 17.7. The van der Waals surface area contributed by atoms with Gasteiger partial charge in [-0.2, -0.15) is 8.62 Å². The third kappa shape index (κ3) is 12.9. The molecule has 9 rings (SSSR count). The quantitative estimate of drug-likeness (QED) is 0.00904. The topological polar surface area (TPSA) is 347 Å². The molecule has 3 aromatic carbocycles. The van der Waals surface area contributed by atoms with Crippen LogP contribution in [-0.2, 0) is 41.1 Å². The number of unbranched alkanes of at least 4 members (excludes halogenated alkanes) is 2. The number of ketones is 1. The number of carbonyl (C=O) groups is 3. The molecule has 0 saturated carbocycles. The minimum absolute atomic E-state index is 0.000650. The van der Waals surface area contributed by atoms with Crippen LogP contribution in [0.15, 0.2) is 79.4 Å². The fourth-order valence-corrected chi connectivity index (χ4v) is 14.5. The highest BCUT2D eigenvalue weighted by Gasteiger charge is 2.44. The Morgan fingerprint density at radius 3 is 2.34 bits per heavy atom. The number of phosphoric acid groups is 3. The number of ether oxygens (including phenoxy) is 3. The van der Waals surface area contributed by atoms with Crippen LogP contribution < -0.4 is 35.8 Å². The van der Waals surface area contributed by atoms with Crippen LogP contribution in [0.4, 0.5) is 11.5 Å². The van der Waals surface area contributed by atoms with Gasteiger partial charge in [-0.25, -0.2) is 38.0 Å². The molecule has 0 aliphatic carbocycles. The molecule has 5 aromatic rings. The number of carbonyl (C=O) groups excluding carboxylic acids is 2. The number of aromatic carboxylic acids is 1. The molecule has 25 nitrogen and oxygen atoms in total. The molecule has 1 amide bonds. The molecule has 8 N–H and O–H groups in total. The molecule has 2 aromatic heterocycles. The van der Waals surface area contributed by atoms with Crippen LogP contribution >= 0.6 is 23.5 Å². The number of amides is 1. The highest BCUT2D eigenvalue weighted by molar-refractivity contribution is 7.66. The number of nitrogens with zero attached hydrogens (tertiary/aromatic N) is 6. The first-order chi connectivity index (χ1) is 39.0. The van der Waals surface area contributed by atoms with Crippen LogP contribution in [0.1, 0.15) is 130 Å². The Morgan fingerprint density at radius 2 is 1.63 bits per heavy atom. The van der Waals surface area contributed by atoms with Gasteiger partial charge in [-0.05, 0) is 114 Å². The van der Waals surface area contributed by atoms with Crippen LogP contribution in [0.2, 0.25) is 0 Å². The molecule has 2 unspecified atom stereocenters. The smallest absolute Gasteiger partial charge is 0.478 e. The van der Waals surface area contributed by atoms with Gasteiger partial charge in [-0.15, -0.1) is 0 Å². The third-order valence-corrected chi connectivity index (χ3v) is 18.7. The van der Waals surface area contributed by atoms with E-state index < -0.39 is 66.2 Å². The molecule has 83 heavy (non-hydrogen) atoms. The summed E-state index contributed by atoms with van der Waals surface area (Å²) in [6.07, 6.45) is 9.45. The average Bonchev–Trinajstić information content (AvgIpc) is 1.90. The van der Waals surface area contributed by atoms with E-state index in [9.17, 15) is 43.0 Å². The lowest BCUT2D eigenvalue weighted by molar-refractivity contribution is -0.117. The first-order valence-corrected chi connectivity index (χ1v) is 31.2. The van der Waals surface area contributed by atoms with Crippen molar-refractivity contribution in [1.29, 1.82) is 0 Å². The van der Waals surface area contributed by atoms with E-state index in [2.05, 4.69) is 106 Å². The van der Waals surface area contributed by atoms with Crippen molar-refractivity contribution >= 4 is 80.5 Å². The summed E-state index contributed by atoms with van der Waals surface area (Å²) in [7, 11) is -16.9. The zero-order valence-electron chi connectivity index (χ0n) is 46.8. The maximum atomic E-state index is 14.0. The molecule has 5 atom stereocenters. The highest BCUT2D eigenvalue weighted by atomic mass is 31.3. The molecule has 1 fully saturated rings. The summed E-state index contributed by atoms with van der Waals surface area (Å²) in [5.41, 5.74) is 12.3. The minimum atomic E-state index is -5.78. The molecular weight excluding hydrogens is 1140 g/mol. The maximum Gasteiger partial charge on any atom is 0.490 e. The first kappa shape index (κ1) is 61.0. The number of imidazole rings is 1. The van der Waals surface area contributed by atoms with Crippen LogP contribution in [0.5, 0.6) is 11.5 Å². The molecule has 4 aliphatic rings. The second kappa shape index (κ2) is 23.5. The number of carboxylic acids is 1. The second-order valence-electron chi connectivity index (χ2n) is 21.5. The standard InChI is InChI=1S/C55H65N8O17P3/c1-9-62-40-23-42-38(21-35(40)31(3)26-54(62,5)6)47(39-22-36-32(4)27-55(7,8)63(10-2)41(36)24-43(39)77-42)37-20-33(16-17-34(37)53(66)67)49(64)52(65)57-18-14-12-11-13-15-19-75-44-25-46(61-30-60-48-50(56)58-29-59-51(48)61)78-45(44)28-76-82(71,72)80-83(73,74)79-81(68,69)70/h13,15-17,20-24,26-27,29-30,44-46H,9-12,14,18-19,25,28H2,1-8H3,(H7-,56,57,58,59,65,66,67,68,69,70,71,72,73,74)/p+1/b15-13+/t44-,45+,46+/m0/s1. The number of fused-ring (bicyclic) bond motifs is 5. The van der Waals surface area contributed by atoms with Gasteiger partial charge in [0.15, 0.2) is 17.0 Å². The molecule has 28 heteroatoms. The molecule has 442 valence electrons. The Balaban J connectivity index is 0.886. The largest absolute Gasteiger partial charge is 0.490 e. The second-order valence-corrected chi connectivity index (χ2v) is 25.9. The first-order valence-electron chi connectivity index (χ1n) is 26.7. The Morgan fingerprint density at radius 1 is 0.880 bits per heavy atom. The Labute approximate surface area is 477 Å². The van der Waals surface area contributed by atoms with E-state index in [4.69, 9.17) is 34.3 Å². The van der Waals surface area contributed by atoms with E-state index in [1.54, 1.807) is 6.08 Å². The summed E-state index contributed by atoms with van der Waals surface area (Å²) >= 11 is 0. The molecule has 4 aliphatic heterocycles. The number of allylic oxidation sites excluding steroid dienone is 3. The summed E-state index contributed by atoms with van der Waals surface area (Å²) < 4.78 is 71.0. The van der Waals surface area contributed by atoms with Crippen molar-refractivity contribution in [1.82, 2.24) is 29.4 Å². The SMILES string of the molecule is CCN1c2cc3c(cc2C(C)=CC1(C)C)C(c1cc(C(=O)C(=O)NCCCC/C=C/CO[C@H]2C[C@H](n4cnc5c(N)ncnc54)O[C@@H]2COP(=O)(O)OP(=O)(O)OP(=O)(O)O)ccc1C(=O)O)=c1cc2c(cc1O3)=[N+](CC)C(C)(C)C=C2C. The van der Waals surface area contributed by atoms with E-state index in [0.717, 1.165) is 33.3 Å². The number of nitrogens with one attached hydrogen (secondary N) is 1. The Kier molecular flexibility index (Phi) is 17.3. The molecule has 1 saturated heterocycles. The van der Waals surface area contributed by atoms with E-state index in [0.29, 0.717) is 65.9 Å². The number of benzene rings is 3. The number of carboxylic acid groups (broad SMARTS) is 1. The lowest BCUT2D eigenvalue weighted by Crippen LogP contribution is -2.49. The summed E-state index contributed by atoms with van der Waals surface area (Å²) in [4.78, 5) is 93.0. The lowest BCUT2D eigenvalue weighted by atomic mass is 9.83. The minimum Gasteiger partial charge on any atom is -0.478 e. The van der Waals surface area contributed by atoms with Gasteiger partial charge in [-0.3, -0.25) is 18.7 Å². The van der Waals surface area contributed by atoms with Crippen molar-refractivity contribution in [2.24, 2.45) is 0 Å². The van der Waals surface area contributed by atoms with Gasteiger partial charge in [0, 0.05) is 78.2 Å². The predicted octanol–water partition coefficient (Wildman–Crippen LogP) is 6.93. The fraction of sp³-hybridized carbons (Fsp3) is 0.400. The van der Waals surface area contributed by atoms with Crippen LogP contribution in [0.3, 0.4) is 0 Å². The van der Waals surface area contributed by atoms with Crippen LogP contribution in [0, 0.1) is 0 Å². The maximum absolute atomic E-state index is 14.0. The van der Waals surface area contributed by atoms with E-state index in [-0.39, 0.29) is 58.7 Å². The van der Waals surface area contributed by atoms with Crippen molar-refractivity contribution < 1.29 is 80.1 Å². The van der Waals surface area contributed by atoms with Gasteiger partial charge in [0.05, 0.1) is 42.8 Å². The van der Waals surface area contributed by atoms with Crippen molar-refractivity contribution in [3.63, 3.8) is 0 Å². The number of aromatic nitrogens is 4. The normalized spacial score (nSPS) is 20.3. The fourth-order valence-electron chi connectivity index (χ4n) is 11.5. The summed E-state index contributed by atoms with van der Waals surface area (Å²) in [5, 5.41) is 15.1. The lowest BCUT2D eigenvalue weighted by Gasteiger charge is -2.43. The van der Waals surface area contributed by atoms with E-state index in [1.165, 1.54) is 35.4 Å². The molecular formula is C55H66N8O17P3+. The summed E-state index contributed by atoms with van der Waals surface area (Å²) in [6, 6.07) is 12.3. The van der Waals surface area contributed by atoms with Crippen molar-refractivity contribution in [3.8, 4) is 11.5 Å². The number of hydrogen-bond acceptors (Lipinski definition) is 17. The van der Waals surface area contributed by atoms with Crippen molar-refractivity contribution in [2.45, 2.75) is 111 Å². The van der Waals surface area contributed by atoms with E-state index >= 15 is 0 Å². The molecule has 0 spiro atoms. The monoisotopic (exact) mass is 1200 g/mol. The zero-order valence-corrected chi connectivity index (χ0v) is 49.5. The number of rotatable bonds is 22. The number of anilines is 2. The third-order valence-electron chi connectivity index (χ3n) is 14.9. The number of nitrogens with two attached hydrogens (primary N) is 1. The van der Waals surface area contributed by atoms with Crippen LogP contribution in [0.25, 0.3) is 27.9 Å². The Bertz CT molecular complexity index is 3850. The number of hydrogen-bond donors (Lipinski definition) is 7. The number of Topliss-reactive ketones (excluding diaryl/α,β-unsaturated/α-hetero) is 1. The summed E-state index contributed by atoms with van der Waals surface area (Å²) in [5.74, 6) is -1.78. The van der Waals surface area contributed by atoms with Gasteiger partial charge in [0.2, 0.25) is 11.1 Å². The van der Waals surface area contributed by atoms with Crippen molar-refractivity contribution in [2.75, 3.05) is 43.5 Å². The van der Waals surface area contributed by atoms with Crippen molar-refractivity contribution in [3.05, 3.63) is 123 Å². The van der Waals surface area contributed by atoms with Gasteiger partial charge >= 0.3 is 29.4 Å². The van der Waals surface area contributed by atoms with Gasteiger partial charge in [0.25, 0.3) is 5.91 Å². The molecule has 6 heterocycles.